The molecule has 7 nitrogen and oxygen atoms in total. The Morgan fingerprint density at radius 2 is 1.87 bits per heavy atom. The minimum absolute atomic E-state index is 0.0269. The summed E-state index contributed by atoms with van der Waals surface area (Å²) in [6.45, 7) is 3.91. The molecule has 9 heteroatoms. The number of hydrogen-bond acceptors (Lipinski definition) is 7. The van der Waals surface area contributed by atoms with Gasteiger partial charge in [0.2, 0.25) is 5.91 Å². The smallest absolute Gasteiger partial charge is 0.338 e. The number of rotatable bonds is 6. The Morgan fingerprint density at radius 1 is 1.20 bits per heavy atom. The van der Waals surface area contributed by atoms with Gasteiger partial charge in [-0.15, -0.1) is 0 Å². The van der Waals surface area contributed by atoms with Gasteiger partial charge in [-0.3, -0.25) is 9.69 Å². The molecule has 1 aromatic rings. The van der Waals surface area contributed by atoms with E-state index >= 15 is 0 Å². The molecule has 0 radical (unpaired) electrons. The van der Waals surface area contributed by atoms with Crippen LogP contribution in [0, 0.1) is 0 Å². The lowest BCUT2D eigenvalue weighted by Crippen LogP contribution is -2.40. The Kier molecular flexibility index (Phi) is 6.77. The van der Waals surface area contributed by atoms with Crippen LogP contribution in [0.3, 0.4) is 0 Å². The van der Waals surface area contributed by atoms with E-state index in [1.165, 1.54) is 23.8 Å². The van der Waals surface area contributed by atoms with Crippen LogP contribution in [0.5, 0.6) is 0 Å². The van der Waals surface area contributed by atoms with Crippen molar-refractivity contribution in [3.8, 4) is 0 Å². The maximum absolute atomic E-state index is 13.1. The topological polar surface area (TPSA) is 98.9 Å². The molecular weight excluding hydrogens is 428 g/mol. The summed E-state index contributed by atoms with van der Waals surface area (Å²) >= 11 is 7.24. The summed E-state index contributed by atoms with van der Waals surface area (Å²) in [7, 11) is 1.25. The van der Waals surface area contributed by atoms with E-state index in [9.17, 15) is 14.4 Å². The largest absolute Gasteiger partial charge is 0.466 e. The van der Waals surface area contributed by atoms with Crippen LogP contribution in [0.1, 0.15) is 38.2 Å². The fourth-order valence-corrected chi connectivity index (χ4v) is 4.70. The van der Waals surface area contributed by atoms with Crippen molar-refractivity contribution in [3.05, 3.63) is 56.8 Å². The number of carbonyl (C=O) groups excluding carboxylic acids is 3. The highest BCUT2D eigenvalue weighted by Gasteiger charge is 2.48. The zero-order chi connectivity index (χ0) is 22.0. The molecule has 1 amide bonds. The van der Waals surface area contributed by atoms with Gasteiger partial charge in [-0.2, -0.15) is 0 Å². The Bertz CT molecular complexity index is 941. The highest BCUT2D eigenvalue weighted by molar-refractivity contribution is 8.04. The number of fused-ring (bicyclic) bond motifs is 1. The third kappa shape index (κ3) is 3.94. The minimum Gasteiger partial charge on any atom is -0.466 e. The predicted molar refractivity (Wildman–Crippen MR) is 114 cm³/mol. The second kappa shape index (κ2) is 9.14. The van der Waals surface area contributed by atoms with Crippen molar-refractivity contribution in [2.24, 2.45) is 5.73 Å². The molecule has 1 aromatic carbocycles. The van der Waals surface area contributed by atoms with Crippen molar-refractivity contribution in [2.75, 3.05) is 13.7 Å². The lowest BCUT2D eigenvalue weighted by Gasteiger charge is -2.33. The van der Waals surface area contributed by atoms with E-state index in [1.807, 2.05) is 6.92 Å². The first-order chi connectivity index (χ1) is 14.3. The minimum atomic E-state index is -0.847. The highest BCUT2D eigenvalue weighted by Crippen LogP contribution is 2.49. The first-order valence-corrected chi connectivity index (χ1v) is 10.8. The number of hydrogen-bond donors (Lipinski definition) is 1. The first kappa shape index (κ1) is 22.2. The molecular formula is C21H23ClN2O5S. The quantitative estimate of drug-likeness (QED) is 0.524. The lowest BCUT2D eigenvalue weighted by molar-refractivity contribution is -0.139. The molecule has 30 heavy (non-hydrogen) atoms. The van der Waals surface area contributed by atoms with Crippen molar-refractivity contribution < 1.29 is 23.9 Å². The SMILES string of the molecule is CCCCOC(=O)C1=C(N)N2C(=O)C(C)SC2=C(C(=O)OC)C1c1ccc(Cl)cc1. The molecule has 0 aromatic heterocycles. The van der Waals surface area contributed by atoms with Crippen LogP contribution in [0.4, 0.5) is 0 Å². The number of methoxy groups -OCH3 is 1. The number of thioether (sulfide) groups is 1. The summed E-state index contributed by atoms with van der Waals surface area (Å²) in [4.78, 5) is 39.9. The normalized spacial score (nSPS) is 21.1. The van der Waals surface area contributed by atoms with Gasteiger partial charge in [0.25, 0.3) is 0 Å². The van der Waals surface area contributed by atoms with Crippen LogP contribution in [0.2, 0.25) is 5.02 Å². The number of benzene rings is 1. The molecule has 0 aliphatic carbocycles. The van der Waals surface area contributed by atoms with E-state index in [2.05, 4.69) is 0 Å². The number of esters is 2. The maximum Gasteiger partial charge on any atom is 0.338 e. The summed E-state index contributed by atoms with van der Waals surface area (Å²) in [6, 6.07) is 6.75. The fourth-order valence-electron chi connectivity index (χ4n) is 3.41. The van der Waals surface area contributed by atoms with E-state index in [0.717, 1.165) is 6.42 Å². The number of carbonyl (C=O) groups is 3. The van der Waals surface area contributed by atoms with Gasteiger partial charge < -0.3 is 15.2 Å². The summed E-state index contributed by atoms with van der Waals surface area (Å²) in [5.41, 5.74) is 7.18. The van der Waals surface area contributed by atoms with Crippen molar-refractivity contribution >= 4 is 41.2 Å². The molecule has 2 atom stereocenters. The summed E-state index contributed by atoms with van der Waals surface area (Å²) in [6.07, 6.45) is 1.53. The third-order valence-electron chi connectivity index (χ3n) is 4.94. The van der Waals surface area contributed by atoms with Gasteiger partial charge in [0.05, 0.1) is 41.1 Å². The van der Waals surface area contributed by atoms with Crippen molar-refractivity contribution in [1.82, 2.24) is 4.90 Å². The van der Waals surface area contributed by atoms with Gasteiger partial charge in [-0.25, -0.2) is 9.59 Å². The van der Waals surface area contributed by atoms with Crippen molar-refractivity contribution in [3.63, 3.8) is 0 Å². The number of ether oxygens (including phenoxy) is 2. The molecule has 0 saturated carbocycles. The van der Waals surface area contributed by atoms with Gasteiger partial charge >= 0.3 is 11.9 Å². The van der Waals surface area contributed by atoms with Crippen LogP contribution in [0.25, 0.3) is 0 Å². The third-order valence-corrected chi connectivity index (χ3v) is 6.38. The second-order valence-corrected chi connectivity index (χ2v) is 8.68. The van der Waals surface area contributed by atoms with Gasteiger partial charge in [0, 0.05) is 5.02 Å². The summed E-state index contributed by atoms with van der Waals surface area (Å²) < 4.78 is 10.4. The fraction of sp³-hybridized carbons (Fsp3) is 0.381. The van der Waals surface area contributed by atoms with Crippen LogP contribution in [-0.2, 0) is 23.9 Å². The molecule has 2 heterocycles. The molecule has 2 aliphatic rings. The number of unbranched alkanes of at least 4 members (excludes halogenated alkanes) is 1. The maximum atomic E-state index is 13.1. The van der Waals surface area contributed by atoms with Crippen LogP contribution in [-0.4, -0.2) is 41.7 Å². The molecule has 1 fully saturated rings. The standard InChI is InChI=1S/C21H23ClN2O5S/c1-4-5-10-29-21(27)15-14(12-6-8-13(22)9-7-12)16(20(26)28-3)19-24(17(15)23)18(25)11(2)30-19/h6-9,11,14H,4-5,10,23H2,1-3H3. The van der Waals surface area contributed by atoms with E-state index in [1.54, 1.807) is 31.2 Å². The van der Waals surface area contributed by atoms with Crippen LogP contribution in [0.15, 0.2) is 46.3 Å². The molecule has 0 spiro atoms. The van der Waals surface area contributed by atoms with Gasteiger partial charge in [0.15, 0.2) is 0 Å². The van der Waals surface area contributed by atoms with Crippen molar-refractivity contribution in [2.45, 2.75) is 37.9 Å². The second-order valence-electron chi connectivity index (χ2n) is 6.92. The Balaban J connectivity index is 2.21. The summed E-state index contributed by atoms with van der Waals surface area (Å²) in [5.74, 6) is -2.49. The average Bonchev–Trinajstić information content (AvgIpc) is 3.02. The average molecular weight is 451 g/mol. The van der Waals surface area contributed by atoms with Crippen LogP contribution < -0.4 is 5.73 Å². The van der Waals surface area contributed by atoms with Gasteiger partial charge in [-0.1, -0.05) is 48.8 Å². The van der Waals surface area contributed by atoms with E-state index in [-0.39, 0.29) is 29.5 Å². The monoisotopic (exact) mass is 450 g/mol. The number of halogens is 1. The molecule has 160 valence electrons. The van der Waals surface area contributed by atoms with E-state index in [4.69, 9.17) is 26.8 Å². The molecule has 2 aliphatic heterocycles. The van der Waals surface area contributed by atoms with Crippen LogP contribution >= 0.6 is 23.4 Å². The molecule has 0 bridgehead atoms. The lowest BCUT2D eigenvalue weighted by atomic mass is 9.82. The Morgan fingerprint density at radius 3 is 2.47 bits per heavy atom. The number of nitrogens with zero attached hydrogens (tertiary/aromatic N) is 1. The Labute approximate surface area is 184 Å². The van der Waals surface area contributed by atoms with Gasteiger partial charge in [-0.05, 0) is 31.0 Å². The van der Waals surface area contributed by atoms with E-state index in [0.29, 0.717) is 22.0 Å². The first-order valence-electron chi connectivity index (χ1n) is 9.57. The van der Waals surface area contributed by atoms with E-state index < -0.39 is 23.1 Å². The van der Waals surface area contributed by atoms with Crippen molar-refractivity contribution in [1.29, 1.82) is 0 Å². The zero-order valence-corrected chi connectivity index (χ0v) is 18.5. The Hall–Kier alpha value is -2.45. The number of nitrogens with two attached hydrogens (primary N) is 1. The highest BCUT2D eigenvalue weighted by atomic mass is 35.5. The zero-order valence-electron chi connectivity index (χ0n) is 16.9. The van der Waals surface area contributed by atoms with Gasteiger partial charge in [0.1, 0.15) is 5.82 Å². The molecule has 2 N–H and O–H groups in total. The predicted octanol–water partition coefficient (Wildman–Crippen LogP) is 3.30. The molecule has 3 rings (SSSR count). The molecule has 2 unspecified atom stereocenters. The number of amides is 1. The molecule has 1 saturated heterocycles. The summed E-state index contributed by atoms with van der Waals surface area (Å²) in [5, 5.41) is 0.424.